The zero-order valence-electron chi connectivity index (χ0n) is 12.6. The van der Waals surface area contributed by atoms with Gasteiger partial charge < -0.3 is 14.8 Å². The number of fused-ring (bicyclic) bond motifs is 2. The standard InChI is InChI=1S/C15H20N4O2/c1-4-20-12-10(16-3)5-19-6-11(17-13(19)18-12)15-7-14(2,8-15)21-9-15/h5-6,16H,4,7-9H2,1-3H3. The van der Waals surface area contributed by atoms with Crippen molar-refractivity contribution in [3.05, 3.63) is 18.1 Å². The van der Waals surface area contributed by atoms with E-state index in [1.165, 1.54) is 0 Å². The van der Waals surface area contributed by atoms with Crippen LogP contribution in [0.4, 0.5) is 5.69 Å². The van der Waals surface area contributed by atoms with Crippen LogP contribution in [0, 0.1) is 0 Å². The number of ether oxygens (including phenoxy) is 2. The monoisotopic (exact) mass is 288 g/mol. The maximum atomic E-state index is 5.87. The van der Waals surface area contributed by atoms with Crippen LogP contribution >= 0.6 is 0 Å². The highest BCUT2D eigenvalue weighted by Crippen LogP contribution is 2.58. The highest BCUT2D eigenvalue weighted by atomic mass is 16.5. The largest absolute Gasteiger partial charge is 0.476 e. The molecule has 0 atom stereocenters. The molecule has 3 aliphatic rings. The van der Waals surface area contributed by atoms with Crippen LogP contribution < -0.4 is 10.1 Å². The van der Waals surface area contributed by atoms with Crippen LogP contribution in [-0.4, -0.2) is 40.2 Å². The first-order chi connectivity index (χ1) is 10.1. The molecule has 2 aliphatic heterocycles. The predicted octanol–water partition coefficient (Wildman–Crippen LogP) is 1.99. The number of hydrogen-bond donors (Lipinski definition) is 1. The number of nitrogens with one attached hydrogen (secondary N) is 1. The van der Waals surface area contributed by atoms with Gasteiger partial charge in [0.25, 0.3) is 0 Å². The first-order valence-corrected chi connectivity index (χ1v) is 7.42. The summed E-state index contributed by atoms with van der Waals surface area (Å²) in [6.07, 6.45) is 6.17. The van der Waals surface area contributed by atoms with E-state index in [0.29, 0.717) is 18.3 Å². The summed E-state index contributed by atoms with van der Waals surface area (Å²) in [5, 5.41) is 3.12. The third-order valence-corrected chi connectivity index (χ3v) is 4.63. The number of anilines is 1. The van der Waals surface area contributed by atoms with Crippen LogP contribution in [0.2, 0.25) is 0 Å². The van der Waals surface area contributed by atoms with E-state index >= 15 is 0 Å². The van der Waals surface area contributed by atoms with Gasteiger partial charge in [-0.3, -0.25) is 4.40 Å². The quantitative estimate of drug-likeness (QED) is 0.932. The fraction of sp³-hybridized carbons (Fsp3) is 0.600. The Labute approximate surface area is 123 Å². The Balaban J connectivity index is 1.76. The lowest BCUT2D eigenvalue weighted by atomic mass is 9.62. The van der Waals surface area contributed by atoms with Crippen molar-refractivity contribution in [2.24, 2.45) is 0 Å². The van der Waals surface area contributed by atoms with Crippen LogP contribution in [0.15, 0.2) is 12.4 Å². The number of hydrogen-bond acceptors (Lipinski definition) is 5. The molecule has 6 heteroatoms. The van der Waals surface area contributed by atoms with Crippen LogP contribution in [-0.2, 0) is 10.2 Å². The molecule has 5 rings (SSSR count). The summed E-state index contributed by atoms with van der Waals surface area (Å²) in [7, 11) is 1.87. The van der Waals surface area contributed by atoms with E-state index < -0.39 is 0 Å². The van der Waals surface area contributed by atoms with Crippen molar-refractivity contribution in [1.82, 2.24) is 14.4 Å². The van der Waals surface area contributed by atoms with Crippen molar-refractivity contribution < 1.29 is 9.47 Å². The lowest BCUT2D eigenvalue weighted by Gasteiger charge is -2.41. The molecule has 112 valence electrons. The zero-order valence-corrected chi connectivity index (χ0v) is 12.6. The number of rotatable bonds is 4. The molecule has 4 heterocycles. The van der Waals surface area contributed by atoms with E-state index in [1.54, 1.807) is 0 Å². The SMILES string of the molecule is CCOc1nc2nc(C34COC(C)(C3)C4)cn2cc1NC. The van der Waals surface area contributed by atoms with Crippen LogP contribution in [0.1, 0.15) is 32.4 Å². The molecule has 0 spiro atoms. The van der Waals surface area contributed by atoms with Crippen LogP contribution in [0.3, 0.4) is 0 Å². The van der Waals surface area contributed by atoms with Gasteiger partial charge in [-0.15, -0.1) is 0 Å². The van der Waals surface area contributed by atoms with Crippen molar-refractivity contribution in [1.29, 1.82) is 0 Å². The summed E-state index contributed by atoms with van der Waals surface area (Å²) in [5.41, 5.74) is 2.11. The fourth-order valence-electron chi connectivity index (χ4n) is 3.73. The molecule has 3 fully saturated rings. The lowest BCUT2D eigenvalue weighted by molar-refractivity contribution is 0.0154. The van der Waals surface area contributed by atoms with Crippen LogP contribution in [0.25, 0.3) is 5.78 Å². The topological polar surface area (TPSA) is 60.7 Å². The summed E-state index contributed by atoms with van der Waals surface area (Å²) in [5.74, 6) is 1.28. The smallest absolute Gasteiger partial charge is 0.242 e. The Morgan fingerprint density at radius 3 is 2.81 bits per heavy atom. The Morgan fingerprint density at radius 2 is 2.19 bits per heavy atom. The Bertz CT molecular complexity index is 703. The van der Waals surface area contributed by atoms with Gasteiger partial charge in [0.15, 0.2) is 0 Å². The molecule has 1 aliphatic carbocycles. The van der Waals surface area contributed by atoms with Gasteiger partial charge in [0.05, 0.1) is 24.5 Å². The number of imidazole rings is 1. The van der Waals surface area contributed by atoms with Crippen LogP contribution in [0.5, 0.6) is 5.88 Å². The summed E-state index contributed by atoms with van der Waals surface area (Å²) >= 11 is 0. The van der Waals surface area contributed by atoms with E-state index in [1.807, 2.05) is 24.6 Å². The molecule has 2 bridgehead atoms. The third-order valence-electron chi connectivity index (χ3n) is 4.63. The molecule has 0 amide bonds. The Kier molecular flexibility index (Phi) is 2.52. The molecule has 21 heavy (non-hydrogen) atoms. The summed E-state index contributed by atoms with van der Waals surface area (Å²) in [6, 6.07) is 0. The molecule has 2 aromatic heterocycles. The van der Waals surface area contributed by atoms with E-state index in [2.05, 4.69) is 23.4 Å². The summed E-state index contributed by atoms with van der Waals surface area (Å²) < 4.78 is 13.4. The number of aromatic nitrogens is 3. The molecule has 0 radical (unpaired) electrons. The van der Waals surface area contributed by atoms with Crippen molar-refractivity contribution in [2.75, 3.05) is 25.6 Å². The summed E-state index contributed by atoms with van der Waals surface area (Å²) in [6.45, 7) is 5.48. The van der Waals surface area contributed by atoms with E-state index in [0.717, 1.165) is 30.8 Å². The van der Waals surface area contributed by atoms with Gasteiger partial charge in [-0.05, 0) is 26.7 Å². The van der Waals surface area contributed by atoms with Crippen molar-refractivity contribution in [2.45, 2.75) is 37.7 Å². The second-order valence-corrected chi connectivity index (χ2v) is 6.35. The molecular weight excluding hydrogens is 268 g/mol. The average Bonchev–Trinajstić information content (AvgIpc) is 3.08. The Morgan fingerprint density at radius 1 is 1.38 bits per heavy atom. The molecular formula is C15H20N4O2. The number of nitrogens with zero attached hydrogens (tertiary/aromatic N) is 3. The summed E-state index contributed by atoms with van der Waals surface area (Å²) in [4.78, 5) is 9.24. The van der Waals surface area contributed by atoms with Crippen molar-refractivity contribution in [3.8, 4) is 5.88 Å². The van der Waals surface area contributed by atoms with E-state index in [9.17, 15) is 0 Å². The molecule has 1 saturated carbocycles. The third kappa shape index (κ3) is 1.75. The maximum absolute atomic E-state index is 5.87. The van der Waals surface area contributed by atoms with E-state index in [-0.39, 0.29) is 11.0 Å². The molecule has 0 unspecified atom stereocenters. The highest BCUT2D eigenvalue weighted by Gasteiger charge is 2.61. The van der Waals surface area contributed by atoms with Gasteiger partial charge in [-0.2, -0.15) is 4.98 Å². The van der Waals surface area contributed by atoms with Gasteiger partial charge in [0.1, 0.15) is 5.69 Å². The van der Waals surface area contributed by atoms with Crippen molar-refractivity contribution in [3.63, 3.8) is 0 Å². The van der Waals surface area contributed by atoms with Crippen molar-refractivity contribution >= 4 is 11.5 Å². The van der Waals surface area contributed by atoms with Gasteiger partial charge in [0.2, 0.25) is 11.7 Å². The molecule has 6 nitrogen and oxygen atoms in total. The average molecular weight is 288 g/mol. The van der Waals surface area contributed by atoms with Gasteiger partial charge in [-0.1, -0.05) is 0 Å². The molecule has 1 N–H and O–H groups in total. The normalized spacial score (nSPS) is 30.4. The highest BCUT2D eigenvalue weighted by molar-refractivity contribution is 5.55. The minimum atomic E-state index is 0.0653. The minimum absolute atomic E-state index is 0.0653. The molecule has 0 aromatic carbocycles. The van der Waals surface area contributed by atoms with Gasteiger partial charge in [0, 0.05) is 24.9 Å². The first-order valence-electron chi connectivity index (χ1n) is 7.42. The second-order valence-electron chi connectivity index (χ2n) is 6.35. The fourth-order valence-corrected chi connectivity index (χ4v) is 3.73. The second kappa shape index (κ2) is 4.10. The molecule has 2 saturated heterocycles. The predicted molar refractivity (Wildman–Crippen MR) is 79.0 cm³/mol. The van der Waals surface area contributed by atoms with Gasteiger partial charge >= 0.3 is 0 Å². The first kappa shape index (κ1) is 12.9. The van der Waals surface area contributed by atoms with Gasteiger partial charge in [-0.25, -0.2) is 4.98 Å². The van der Waals surface area contributed by atoms with E-state index in [4.69, 9.17) is 14.5 Å². The minimum Gasteiger partial charge on any atom is -0.476 e. The lowest BCUT2D eigenvalue weighted by Crippen LogP contribution is -2.45. The molecule has 2 aromatic rings. The maximum Gasteiger partial charge on any atom is 0.242 e. The zero-order chi connectivity index (χ0) is 14.7. The Hall–Kier alpha value is -1.82.